The molecule has 0 radical (unpaired) electrons. The molecule has 1 aromatic heterocycles. The molecule has 2 aromatic rings. The fraction of sp³-hybridized carbons (Fsp3) is 0.412. The Morgan fingerprint density at radius 1 is 1.23 bits per heavy atom. The normalized spacial score (nSPS) is 18.5. The van der Waals surface area contributed by atoms with Crippen molar-refractivity contribution >= 4 is 22.8 Å². The fourth-order valence-electron chi connectivity index (χ4n) is 3.14. The van der Waals surface area contributed by atoms with Gasteiger partial charge in [0.2, 0.25) is 0 Å². The highest BCUT2D eigenvalue weighted by molar-refractivity contribution is 6.00. The van der Waals surface area contributed by atoms with Crippen LogP contribution in [-0.4, -0.2) is 41.0 Å². The number of esters is 1. The molecule has 116 valence electrons. The molecule has 5 nitrogen and oxygen atoms in total. The van der Waals surface area contributed by atoms with Gasteiger partial charge in [0.05, 0.1) is 7.11 Å². The second-order valence-electron chi connectivity index (χ2n) is 5.73. The zero-order valence-electron chi connectivity index (χ0n) is 12.9. The molecule has 1 saturated heterocycles. The summed E-state index contributed by atoms with van der Waals surface area (Å²) in [4.78, 5) is 26.4. The van der Waals surface area contributed by atoms with E-state index in [0.717, 1.165) is 23.7 Å². The Balaban J connectivity index is 1.91. The van der Waals surface area contributed by atoms with Crippen LogP contribution in [0.15, 0.2) is 30.5 Å². The van der Waals surface area contributed by atoms with E-state index in [1.165, 1.54) is 7.11 Å². The third-order valence-electron chi connectivity index (χ3n) is 4.37. The Labute approximate surface area is 129 Å². The number of rotatable bonds is 2. The second-order valence-corrected chi connectivity index (χ2v) is 5.73. The second kappa shape index (κ2) is 5.83. The summed E-state index contributed by atoms with van der Waals surface area (Å²) in [7, 11) is 3.34. The van der Waals surface area contributed by atoms with Crippen LogP contribution in [0.5, 0.6) is 0 Å². The third kappa shape index (κ3) is 2.47. The van der Waals surface area contributed by atoms with Crippen LogP contribution in [0.4, 0.5) is 0 Å². The molecule has 0 aliphatic carbocycles. The summed E-state index contributed by atoms with van der Waals surface area (Å²) in [5, 5.41) is 1.03. The van der Waals surface area contributed by atoms with Crippen molar-refractivity contribution in [3.05, 3.63) is 36.0 Å². The monoisotopic (exact) mass is 300 g/mol. The largest absolute Gasteiger partial charge is 0.467 e. The van der Waals surface area contributed by atoms with Crippen LogP contribution < -0.4 is 0 Å². The minimum Gasteiger partial charge on any atom is -0.467 e. The van der Waals surface area contributed by atoms with E-state index in [1.807, 2.05) is 42.1 Å². The smallest absolute Gasteiger partial charge is 0.328 e. The Hall–Kier alpha value is -2.30. The Bertz CT molecular complexity index is 720. The lowest BCUT2D eigenvalue weighted by Gasteiger charge is -2.33. The molecule has 0 spiro atoms. The van der Waals surface area contributed by atoms with Crippen LogP contribution in [0.25, 0.3) is 10.9 Å². The van der Waals surface area contributed by atoms with Crippen LogP contribution in [0.1, 0.15) is 29.6 Å². The number of hydrogen-bond donors (Lipinski definition) is 0. The lowest BCUT2D eigenvalue weighted by molar-refractivity contribution is -0.147. The summed E-state index contributed by atoms with van der Waals surface area (Å²) >= 11 is 0. The SMILES string of the molecule is COC(=O)C1CCCCN1C(=O)c1ccc2c(ccn2C)c1. The summed E-state index contributed by atoms with van der Waals surface area (Å²) < 4.78 is 6.86. The van der Waals surface area contributed by atoms with Crippen molar-refractivity contribution in [1.29, 1.82) is 0 Å². The quantitative estimate of drug-likeness (QED) is 0.800. The molecule has 22 heavy (non-hydrogen) atoms. The topological polar surface area (TPSA) is 51.5 Å². The molecule has 1 aliphatic heterocycles. The van der Waals surface area contributed by atoms with E-state index < -0.39 is 6.04 Å². The van der Waals surface area contributed by atoms with Gasteiger partial charge in [-0.1, -0.05) is 0 Å². The lowest BCUT2D eigenvalue weighted by Crippen LogP contribution is -2.48. The molecule has 3 rings (SSSR count). The Morgan fingerprint density at radius 3 is 2.82 bits per heavy atom. The number of ether oxygens (including phenoxy) is 1. The number of likely N-dealkylation sites (tertiary alicyclic amines) is 1. The van der Waals surface area contributed by atoms with Gasteiger partial charge in [0.25, 0.3) is 5.91 Å². The van der Waals surface area contributed by atoms with Crippen LogP contribution in [0.2, 0.25) is 0 Å². The van der Waals surface area contributed by atoms with Crippen molar-refractivity contribution in [2.75, 3.05) is 13.7 Å². The number of methoxy groups -OCH3 is 1. The van der Waals surface area contributed by atoms with Gasteiger partial charge in [0, 0.05) is 36.3 Å². The molecule has 1 atom stereocenters. The predicted molar refractivity (Wildman–Crippen MR) is 83.6 cm³/mol. The van der Waals surface area contributed by atoms with Crippen molar-refractivity contribution < 1.29 is 14.3 Å². The standard InChI is InChI=1S/C17H20N2O3/c1-18-10-8-12-11-13(6-7-14(12)18)16(20)19-9-4-3-5-15(19)17(21)22-2/h6-8,10-11,15H,3-5,9H2,1-2H3. The first-order chi connectivity index (χ1) is 10.6. The maximum atomic E-state index is 12.8. The van der Waals surface area contributed by atoms with E-state index in [1.54, 1.807) is 4.90 Å². The van der Waals surface area contributed by atoms with Crippen LogP contribution in [0, 0.1) is 0 Å². The predicted octanol–water partition coefficient (Wildman–Crippen LogP) is 2.35. The average Bonchev–Trinajstić information content (AvgIpc) is 2.94. The van der Waals surface area contributed by atoms with Gasteiger partial charge >= 0.3 is 5.97 Å². The number of carbonyl (C=O) groups excluding carboxylic acids is 2. The van der Waals surface area contributed by atoms with Gasteiger partial charge in [-0.3, -0.25) is 4.79 Å². The highest BCUT2D eigenvalue weighted by atomic mass is 16.5. The van der Waals surface area contributed by atoms with E-state index in [-0.39, 0.29) is 11.9 Å². The molecule has 1 unspecified atom stereocenters. The number of aromatic nitrogens is 1. The number of fused-ring (bicyclic) bond motifs is 1. The summed E-state index contributed by atoms with van der Waals surface area (Å²) in [5.74, 6) is -0.422. The highest BCUT2D eigenvalue weighted by Gasteiger charge is 2.33. The molecule has 1 amide bonds. The summed E-state index contributed by atoms with van der Waals surface area (Å²) in [6.07, 6.45) is 4.51. The average molecular weight is 300 g/mol. The summed E-state index contributed by atoms with van der Waals surface area (Å²) in [6, 6.07) is 7.19. The molecule has 1 aliphatic rings. The molecular formula is C17H20N2O3. The highest BCUT2D eigenvalue weighted by Crippen LogP contribution is 2.23. The minimum atomic E-state index is -0.460. The molecular weight excluding hydrogens is 280 g/mol. The molecule has 5 heteroatoms. The number of nitrogens with zero attached hydrogens (tertiary/aromatic N) is 2. The Kier molecular flexibility index (Phi) is 3.88. The summed E-state index contributed by atoms with van der Waals surface area (Å²) in [5.41, 5.74) is 1.70. The van der Waals surface area contributed by atoms with Gasteiger partial charge in [0.1, 0.15) is 6.04 Å². The first-order valence-corrected chi connectivity index (χ1v) is 7.55. The molecule has 0 N–H and O–H groups in total. The first kappa shape index (κ1) is 14.6. The van der Waals surface area contributed by atoms with Crippen molar-refractivity contribution in [3.8, 4) is 0 Å². The van der Waals surface area contributed by atoms with Gasteiger partial charge in [0.15, 0.2) is 0 Å². The zero-order valence-corrected chi connectivity index (χ0v) is 12.9. The number of aryl methyl sites for hydroxylation is 1. The number of carbonyl (C=O) groups is 2. The van der Waals surface area contributed by atoms with Crippen molar-refractivity contribution in [2.45, 2.75) is 25.3 Å². The number of piperidine rings is 1. The van der Waals surface area contributed by atoms with E-state index in [0.29, 0.717) is 18.5 Å². The van der Waals surface area contributed by atoms with Gasteiger partial charge in [-0.25, -0.2) is 4.79 Å². The Morgan fingerprint density at radius 2 is 2.05 bits per heavy atom. The maximum Gasteiger partial charge on any atom is 0.328 e. The first-order valence-electron chi connectivity index (χ1n) is 7.55. The van der Waals surface area contributed by atoms with Crippen LogP contribution in [0.3, 0.4) is 0 Å². The van der Waals surface area contributed by atoms with Crippen LogP contribution >= 0.6 is 0 Å². The number of hydrogen-bond acceptors (Lipinski definition) is 3. The maximum absolute atomic E-state index is 12.8. The minimum absolute atomic E-state index is 0.0964. The molecule has 1 aromatic carbocycles. The van der Waals surface area contributed by atoms with Gasteiger partial charge in [-0.05, 0) is 43.5 Å². The van der Waals surface area contributed by atoms with Crippen LogP contribution in [-0.2, 0) is 16.6 Å². The number of amides is 1. The van der Waals surface area contributed by atoms with Crippen molar-refractivity contribution in [1.82, 2.24) is 9.47 Å². The van der Waals surface area contributed by atoms with E-state index in [4.69, 9.17) is 4.74 Å². The zero-order chi connectivity index (χ0) is 15.7. The van der Waals surface area contributed by atoms with Crippen molar-refractivity contribution in [3.63, 3.8) is 0 Å². The summed E-state index contributed by atoms with van der Waals surface area (Å²) in [6.45, 7) is 0.603. The lowest BCUT2D eigenvalue weighted by atomic mass is 10.0. The van der Waals surface area contributed by atoms with Crippen molar-refractivity contribution in [2.24, 2.45) is 7.05 Å². The fourth-order valence-corrected chi connectivity index (χ4v) is 3.14. The van der Waals surface area contributed by atoms with E-state index in [2.05, 4.69) is 0 Å². The van der Waals surface area contributed by atoms with Gasteiger partial charge in [-0.15, -0.1) is 0 Å². The van der Waals surface area contributed by atoms with Gasteiger partial charge < -0.3 is 14.2 Å². The van der Waals surface area contributed by atoms with E-state index in [9.17, 15) is 9.59 Å². The molecule has 1 fully saturated rings. The third-order valence-corrected chi connectivity index (χ3v) is 4.37. The van der Waals surface area contributed by atoms with E-state index >= 15 is 0 Å². The molecule has 0 bridgehead atoms. The molecule has 0 saturated carbocycles. The van der Waals surface area contributed by atoms with Gasteiger partial charge in [-0.2, -0.15) is 0 Å². The molecule has 2 heterocycles. The number of benzene rings is 1.